The van der Waals surface area contributed by atoms with Gasteiger partial charge in [0.25, 0.3) is 11.8 Å². The zero-order chi connectivity index (χ0) is 19.1. The predicted octanol–water partition coefficient (Wildman–Crippen LogP) is 2.86. The normalized spacial score (nSPS) is 10.3. The molecule has 2 aromatic carbocycles. The SMILES string of the molecule is CC(C)COc1cccc(C(=O)NNC(=O)c2cccc(N(C)C)c2)c1. The smallest absolute Gasteiger partial charge is 0.269 e. The van der Waals surface area contributed by atoms with Crippen molar-refractivity contribution in [3.8, 4) is 5.75 Å². The van der Waals surface area contributed by atoms with Crippen molar-refractivity contribution < 1.29 is 14.3 Å². The van der Waals surface area contributed by atoms with Crippen molar-refractivity contribution >= 4 is 17.5 Å². The molecule has 2 aromatic rings. The fourth-order valence-corrected chi connectivity index (χ4v) is 2.17. The Morgan fingerprint density at radius 2 is 1.54 bits per heavy atom. The number of rotatable bonds is 6. The molecule has 0 aromatic heterocycles. The Balaban J connectivity index is 1.97. The van der Waals surface area contributed by atoms with E-state index in [2.05, 4.69) is 24.7 Å². The van der Waals surface area contributed by atoms with Gasteiger partial charge in [0.1, 0.15) is 5.75 Å². The largest absolute Gasteiger partial charge is 0.493 e. The summed E-state index contributed by atoms with van der Waals surface area (Å²) in [4.78, 5) is 26.4. The summed E-state index contributed by atoms with van der Waals surface area (Å²) in [5, 5.41) is 0. The van der Waals surface area contributed by atoms with E-state index in [0.29, 0.717) is 29.4 Å². The van der Waals surface area contributed by atoms with E-state index in [4.69, 9.17) is 4.74 Å². The minimum absolute atomic E-state index is 0.380. The van der Waals surface area contributed by atoms with Crippen molar-refractivity contribution in [2.24, 2.45) is 5.92 Å². The maximum atomic E-state index is 12.3. The minimum Gasteiger partial charge on any atom is -0.493 e. The van der Waals surface area contributed by atoms with E-state index >= 15 is 0 Å². The van der Waals surface area contributed by atoms with Crippen LogP contribution in [0.25, 0.3) is 0 Å². The number of hydrogen-bond acceptors (Lipinski definition) is 4. The van der Waals surface area contributed by atoms with Gasteiger partial charge in [-0.25, -0.2) is 0 Å². The van der Waals surface area contributed by atoms with Gasteiger partial charge in [0, 0.05) is 30.9 Å². The summed E-state index contributed by atoms with van der Waals surface area (Å²) >= 11 is 0. The lowest BCUT2D eigenvalue weighted by molar-refractivity contribution is 0.0846. The topological polar surface area (TPSA) is 70.7 Å². The summed E-state index contributed by atoms with van der Waals surface area (Å²) < 4.78 is 5.62. The highest BCUT2D eigenvalue weighted by Gasteiger charge is 2.11. The van der Waals surface area contributed by atoms with Crippen molar-refractivity contribution in [2.45, 2.75) is 13.8 Å². The summed E-state index contributed by atoms with van der Waals surface area (Å²) in [7, 11) is 3.79. The van der Waals surface area contributed by atoms with Crippen molar-refractivity contribution in [1.82, 2.24) is 10.9 Å². The second-order valence-corrected chi connectivity index (χ2v) is 6.59. The highest BCUT2D eigenvalue weighted by atomic mass is 16.5. The van der Waals surface area contributed by atoms with E-state index in [1.54, 1.807) is 42.5 Å². The molecule has 2 N–H and O–H groups in total. The molecule has 0 heterocycles. The summed E-state index contributed by atoms with van der Waals surface area (Å²) in [6.45, 7) is 4.68. The molecular formula is C20H25N3O3. The van der Waals surface area contributed by atoms with Gasteiger partial charge < -0.3 is 9.64 Å². The zero-order valence-electron chi connectivity index (χ0n) is 15.6. The van der Waals surface area contributed by atoms with Gasteiger partial charge >= 0.3 is 0 Å². The van der Waals surface area contributed by atoms with Crippen molar-refractivity contribution in [2.75, 3.05) is 25.6 Å². The second kappa shape index (κ2) is 8.89. The Morgan fingerprint density at radius 3 is 2.12 bits per heavy atom. The zero-order valence-corrected chi connectivity index (χ0v) is 15.6. The number of hydrogen-bond donors (Lipinski definition) is 2. The molecular weight excluding hydrogens is 330 g/mol. The first-order chi connectivity index (χ1) is 12.4. The van der Waals surface area contributed by atoms with Gasteiger partial charge in [-0.15, -0.1) is 0 Å². The molecule has 6 heteroatoms. The average Bonchev–Trinajstić information content (AvgIpc) is 2.64. The first-order valence-electron chi connectivity index (χ1n) is 8.47. The highest BCUT2D eigenvalue weighted by Crippen LogP contribution is 2.15. The van der Waals surface area contributed by atoms with Crippen LogP contribution >= 0.6 is 0 Å². The van der Waals surface area contributed by atoms with Gasteiger partial charge in [0.15, 0.2) is 0 Å². The number of carbonyl (C=O) groups is 2. The van der Waals surface area contributed by atoms with Crippen LogP contribution < -0.4 is 20.5 Å². The van der Waals surface area contributed by atoms with Crippen LogP contribution in [0, 0.1) is 5.92 Å². The molecule has 26 heavy (non-hydrogen) atoms. The van der Waals surface area contributed by atoms with Crippen LogP contribution in [-0.2, 0) is 0 Å². The first kappa shape index (κ1) is 19.3. The van der Waals surface area contributed by atoms with Crippen molar-refractivity contribution in [3.63, 3.8) is 0 Å². The summed E-state index contributed by atoms with van der Waals surface area (Å²) in [6, 6.07) is 14.0. The lowest BCUT2D eigenvalue weighted by Crippen LogP contribution is -2.41. The monoisotopic (exact) mass is 355 g/mol. The minimum atomic E-state index is -0.405. The summed E-state index contributed by atoms with van der Waals surface area (Å²) in [5.74, 6) is 0.229. The van der Waals surface area contributed by atoms with Crippen LogP contribution in [0.5, 0.6) is 5.75 Å². The van der Waals surface area contributed by atoms with E-state index < -0.39 is 5.91 Å². The molecule has 0 unspecified atom stereocenters. The third-order valence-electron chi connectivity index (χ3n) is 3.59. The fraction of sp³-hybridized carbons (Fsp3) is 0.300. The standard InChI is InChI=1S/C20H25N3O3/c1-14(2)13-26-18-10-6-8-16(12-18)20(25)22-21-19(24)15-7-5-9-17(11-15)23(3)4/h5-12,14H,13H2,1-4H3,(H,21,24)(H,22,25). The lowest BCUT2D eigenvalue weighted by Gasteiger charge is -2.14. The Morgan fingerprint density at radius 1 is 0.962 bits per heavy atom. The number of hydrazine groups is 1. The van der Waals surface area contributed by atoms with Crippen LogP contribution in [-0.4, -0.2) is 32.5 Å². The fourth-order valence-electron chi connectivity index (χ4n) is 2.17. The molecule has 0 saturated heterocycles. The molecule has 138 valence electrons. The van der Waals surface area contributed by atoms with E-state index in [0.717, 1.165) is 5.69 Å². The number of amides is 2. The Hall–Kier alpha value is -3.02. The molecule has 2 rings (SSSR count). The van der Waals surface area contributed by atoms with Crippen LogP contribution in [0.2, 0.25) is 0 Å². The molecule has 0 aliphatic rings. The van der Waals surface area contributed by atoms with Gasteiger partial charge in [-0.05, 0) is 42.3 Å². The van der Waals surface area contributed by atoms with E-state index in [9.17, 15) is 9.59 Å². The molecule has 0 saturated carbocycles. The Kier molecular flexibility index (Phi) is 6.60. The molecule has 2 amide bonds. The maximum absolute atomic E-state index is 12.3. The van der Waals surface area contributed by atoms with Gasteiger partial charge in [0.2, 0.25) is 0 Å². The third-order valence-corrected chi connectivity index (χ3v) is 3.59. The number of nitrogens with zero attached hydrogens (tertiary/aromatic N) is 1. The van der Waals surface area contributed by atoms with Crippen molar-refractivity contribution in [3.05, 3.63) is 59.7 Å². The number of benzene rings is 2. The molecule has 0 aliphatic carbocycles. The molecule has 0 aliphatic heterocycles. The number of anilines is 1. The Labute approximate surface area is 154 Å². The predicted molar refractivity (Wildman–Crippen MR) is 102 cm³/mol. The number of ether oxygens (including phenoxy) is 1. The molecule has 0 spiro atoms. The van der Waals surface area contributed by atoms with Crippen LogP contribution in [0.1, 0.15) is 34.6 Å². The lowest BCUT2D eigenvalue weighted by atomic mass is 10.2. The average molecular weight is 355 g/mol. The van der Waals surface area contributed by atoms with Gasteiger partial charge in [-0.2, -0.15) is 0 Å². The second-order valence-electron chi connectivity index (χ2n) is 6.59. The maximum Gasteiger partial charge on any atom is 0.269 e. The van der Waals surface area contributed by atoms with Gasteiger partial charge in [0.05, 0.1) is 6.61 Å². The molecule has 0 atom stereocenters. The number of carbonyl (C=O) groups excluding carboxylic acids is 2. The van der Waals surface area contributed by atoms with Gasteiger partial charge in [-0.3, -0.25) is 20.4 Å². The van der Waals surface area contributed by atoms with E-state index in [1.165, 1.54) is 0 Å². The van der Waals surface area contributed by atoms with E-state index in [-0.39, 0.29) is 5.91 Å². The summed E-state index contributed by atoms with van der Waals surface area (Å²) in [5.41, 5.74) is 6.64. The first-order valence-corrected chi connectivity index (χ1v) is 8.47. The third kappa shape index (κ3) is 5.51. The van der Waals surface area contributed by atoms with E-state index in [1.807, 2.05) is 25.1 Å². The van der Waals surface area contributed by atoms with Crippen LogP contribution in [0.4, 0.5) is 5.69 Å². The van der Waals surface area contributed by atoms with Crippen LogP contribution in [0.15, 0.2) is 48.5 Å². The molecule has 0 fully saturated rings. The van der Waals surface area contributed by atoms with Gasteiger partial charge in [-0.1, -0.05) is 26.0 Å². The quantitative estimate of drug-likeness (QED) is 0.782. The highest BCUT2D eigenvalue weighted by molar-refractivity contribution is 5.99. The molecule has 0 bridgehead atoms. The van der Waals surface area contributed by atoms with Crippen LogP contribution in [0.3, 0.4) is 0 Å². The summed E-state index contributed by atoms with van der Waals surface area (Å²) in [6.07, 6.45) is 0. The molecule has 0 radical (unpaired) electrons. The molecule has 6 nitrogen and oxygen atoms in total. The van der Waals surface area contributed by atoms with Crippen molar-refractivity contribution in [1.29, 1.82) is 0 Å². The number of nitrogens with one attached hydrogen (secondary N) is 2. The Bertz CT molecular complexity index is 772.